The number of amides is 1. The molecule has 2 aromatic carbocycles. The van der Waals surface area contributed by atoms with Crippen LogP contribution in [0.4, 0.5) is 11.7 Å². The highest BCUT2D eigenvalue weighted by atomic mass is 35.5. The molecule has 1 aliphatic rings. The third-order valence-electron chi connectivity index (χ3n) is 5.64. The van der Waals surface area contributed by atoms with Gasteiger partial charge in [-0.2, -0.15) is 4.98 Å². The molecule has 8 nitrogen and oxygen atoms in total. The van der Waals surface area contributed by atoms with Gasteiger partial charge in [0.1, 0.15) is 11.5 Å². The Morgan fingerprint density at radius 1 is 1.19 bits per heavy atom. The Balaban J connectivity index is 1.48. The first-order chi connectivity index (χ1) is 15.5. The fraction of sp³-hybridized carbons (Fsp3) is 0.348. The van der Waals surface area contributed by atoms with E-state index in [1.165, 1.54) is 0 Å². The summed E-state index contributed by atoms with van der Waals surface area (Å²) in [6, 6.07) is 13.1. The maximum absolute atomic E-state index is 13.3. The van der Waals surface area contributed by atoms with Crippen molar-refractivity contribution < 1.29 is 18.8 Å². The molecule has 1 amide bonds. The average Bonchev–Trinajstić information content (AvgIpc) is 3.33. The van der Waals surface area contributed by atoms with Crippen molar-refractivity contribution in [3.63, 3.8) is 0 Å². The van der Waals surface area contributed by atoms with Crippen LogP contribution in [0.3, 0.4) is 0 Å². The Labute approximate surface area is 191 Å². The van der Waals surface area contributed by atoms with Gasteiger partial charge in [0.15, 0.2) is 0 Å². The predicted molar refractivity (Wildman–Crippen MR) is 123 cm³/mol. The zero-order chi connectivity index (χ0) is 22.7. The number of piperidine rings is 1. The van der Waals surface area contributed by atoms with Gasteiger partial charge in [-0.3, -0.25) is 4.79 Å². The monoisotopic (exact) mass is 456 g/mol. The third-order valence-corrected chi connectivity index (χ3v) is 5.87. The quantitative estimate of drug-likeness (QED) is 0.547. The number of aromatic nitrogens is 2. The SMILES string of the molecule is COc1ccc(-c2noc(N3CCC[C@H](C(=O)N(C)c4cc(Cl)ccc4OC)C3)n2)cc1. The van der Waals surface area contributed by atoms with Crippen LogP contribution in [-0.2, 0) is 4.79 Å². The van der Waals surface area contributed by atoms with Crippen molar-refractivity contribution in [1.82, 2.24) is 10.1 Å². The lowest BCUT2D eigenvalue weighted by Gasteiger charge is -2.33. The molecule has 4 rings (SSSR count). The van der Waals surface area contributed by atoms with Crippen LogP contribution in [0.15, 0.2) is 47.0 Å². The van der Waals surface area contributed by atoms with Crippen molar-refractivity contribution in [3.05, 3.63) is 47.5 Å². The molecule has 1 atom stereocenters. The van der Waals surface area contributed by atoms with Gasteiger partial charge in [0.2, 0.25) is 11.7 Å². The van der Waals surface area contributed by atoms with E-state index in [2.05, 4.69) is 10.1 Å². The number of hydrogen-bond acceptors (Lipinski definition) is 7. The predicted octanol–water partition coefficient (Wildman–Crippen LogP) is 4.29. The number of anilines is 2. The highest BCUT2D eigenvalue weighted by Crippen LogP contribution is 2.33. The number of benzene rings is 2. The van der Waals surface area contributed by atoms with Crippen LogP contribution in [-0.4, -0.2) is 50.4 Å². The Kier molecular flexibility index (Phi) is 6.50. The molecule has 2 heterocycles. The summed E-state index contributed by atoms with van der Waals surface area (Å²) in [5, 5.41) is 4.65. The number of halogens is 1. The van der Waals surface area contributed by atoms with Crippen LogP contribution in [0, 0.1) is 5.92 Å². The van der Waals surface area contributed by atoms with Gasteiger partial charge in [-0.05, 0) is 55.3 Å². The Hall–Kier alpha value is -3.26. The van der Waals surface area contributed by atoms with E-state index in [0.717, 1.165) is 30.7 Å². The Morgan fingerprint density at radius 2 is 1.97 bits per heavy atom. The number of ether oxygens (including phenoxy) is 2. The summed E-state index contributed by atoms with van der Waals surface area (Å²) >= 11 is 6.14. The maximum atomic E-state index is 13.3. The first-order valence-corrected chi connectivity index (χ1v) is 10.7. The number of methoxy groups -OCH3 is 2. The molecule has 1 saturated heterocycles. The highest BCUT2D eigenvalue weighted by molar-refractivity contribution is 6.31. The van der Waals surface area contributed by atoms with E-state index in [1.54, 1.807) is 44.4 Å². The van der Waals surface area contributed by atoms with Crippen molar-refractivity contribution >= 4 is 29.2 Å². The van der Waals surface area contributed by atoms with Crippen LogP contribution in [0.1, 0.15) is 12.8 Å². The summed E-state index contributed by atoms with van der Waals surface area (Å²) in [4.78, 5) is 21.4. The van der Waals surface area contributed by atoms with Gasteiger partial charge in [-0.1, -0.05) is 16.8 Å². The molecule has 32 heavy (non-hydrogen) atoms. The van der Waals surface area contributed by atoms with Gasteiger partial charge < -0.3 is 23.8 Å². The van der Waals surface area contributed by atoms with Gasteiger partial charge in [-0.15, -0.1) is 0 Å². The second-order valence-corrected chi connectivity index (χ2v) is 8.06. The van der Waals surface area contributed by atoms with E-state index < -0.39 is 0 Å². The summed E-state index contributed by atoms with van der Waals surface area (Å²) in [7, 11) is 4.93. The van der Waals surface area contributed by atoms with Gasteiger partial charge in [0, 0.05) is 30.7 Å². The summed E-state index contributed by atoms with van der Waals surface area (Å²) in [6.07, 6.45) is 1.62. The van der Waals surface area contributed by atoms with E-state index in [4.69, 9.17) is 25.6 Å². The van der Waals surface area contributed by atoms with Crippen LogP contribution in [0.5, 0.6) is 11.5 Å². The molecular weight excluding hydrogens is 432 g/mol. The van der Waals surface area contributed by atoms with Crippen molar-refractivity contribution in [3.8, 4) is 22.9 Å². The molecule has 168 valence electrons. The largest absolute Gasteiger partial charge is 0.497 e. The molecule has 0 spiro atoms. The minimum atomic E-state index is -0.214. The minimum Gasteiger partial charge on any atom is -0.497 e. The summed E-state index contributed by atoms with van der Waals surface area (Å²) in [5.74, 6) is 1.63. The first kappa shape index (κ1) is 22.0. The second kappa shape index (κ2) is 9.48. The molecule has 9 heteroatoms. The molecule has 1 aliphatic heterocycles. The number of carbonyl (C=O) groups is 1. The Morgan fingerprint density at radius 3 is 2.69 bits per heavy atom. The van der Waals surface area contributed by atoms with Crippen LogP contribution < -0.4 is 19.3 Å². The second-order valence-electron chi connectivity index (χ2n) is 7.63. The number of rotatable bonds is 6. The number of carbonyl (C=O) groups excluding carboxylic acids is 1. The standard InChI is InChI=1S/C23H25ClN4O4/c1-27(19-13-17(24)8-11-20(19)31-3)22(29)16-5-4-12-28(14-16)23-25-21(26-32-23)15-6-9-18(30-2)10-7-15/h6-11,13,16H,4-5,12,14H2,1-3H3/t16-/m0/s1. The lowest BCUT2D eigenvalue weighted by molar-refractivity contribution is -0.122. The van der Waals surface area contributed by atoms with E-state index in [9.17, 15) is 4.79 Å². The molecule has 0 N–H and O–H groups in total. The Bertz CT molecular complexity index is 1090. The van der Waals surface area contributed by atoms with E-state index >= 15 is 0 Å². The summed E-state index contributed by atoms with van der Waals surface area (Å²) in [6.45, 7) is 1.24. The molecule has 0 unspecified atom stereocenters. The molecule has 1 fully saturated rings. The van der Waals surface area contributed by atoms with Crippen LogP contribution in [0.2, 0.25) is 5.02 Å². The molecule has 0 radical (unpaired) electrons. The zero-order valence-corrected chi connectivity index (χ0v) is 19.0. The van der Waals surface area contributed by atoms with Gasteiger partial charge >= 0.3 is 6.01 Å². The van der Waals surface area contributed by atoms with Crippen LogP contribution in [0.25, 0.3) is 11.4 Å². The van der Waals surface area contributed by atoms with E-state index in [-0.39, 0.29) is 11.8 Å². The molecule has 0 aliphatic carbocycles. The minimum absolute atomic E-state index is 0.00911. The lowest BCUT2D eigenvalue weighted by atomic mass is 9.96. The van der Waals surface area contributed by atoms with E-state index in [0.29, 0.717) is 34.8 Å². The molecule has 1 aromatic heterocycles. The fourth-order valence-corrected chi connectivity index (χ4v) is 4.04. The molecule has 0 bridgehead atoms. The summed E-state index contributed by atoms with van der Waals surface area (Å²) < 4.78 is 16.1. The van der Waals surface area contributed by atoms with E-state index in [1.807, 2.05) is 29.2 Å². The first-order valence-electron chi connectivity index (χ1n) is 10.3. The zero-order valence-electron chi connectivity index (χ0n) is 18.2. The maximum Gasteiger partial charge on any atom is 0.324 e. The number of nitrogens with zero attached hydrogens (tertiary/aromatic N) is 4. The van der Waals surface area contributed by atoms with Crippen molar-refractivity contribution in [2.24, 2.45) is 5.92 Å². The molecule has 3 aromatic rings. The fourth-order valence-electron chi connectivity index (χ4n) is 3.87. The van der Waals surface area contributed by atoms with Gasteiger partial charge in [0.05, 0.1) is 25.8 Å². The molecular formula is C23H25ClN4O4. The smallest absolute Gasteiger partial charge is 0.324 e. The van der Waals surface area contributed by atoms with Crippen molar-refractivity contribution in [1.29, 1.82) is 0 Å². The normalized spacial score (nSPS) is 16.0. The lowest BCUT2D eigenvalue weighted by Crippen LogP contribution is -2.44. The van der Waals surface area contributed by atoms with Gasteiger partial charge in [-0.25, -0.2) is 0 Å². The van der Waals surface area contributed by atoms with Crippen molar-refractivity contribution in [2.45, 2.75) is 12.8 Å². The number of hydrogen-bond donors (Lipinski definition) is 0. The summed E-state index contributed by atoms with van der Waals surface area (Å²) in [5.41, 5.74) is 1.47. The van der Waals surface area contributed by atoms with Gasteiger partial charge in [0.25, 0.3) is 0 Å². The highest BCUT2D eigenvalue weighted by Gasteiger charge is 2.31. The van der Waals surface area contributed by atoms with Crippen LogP contribution >= 0.6 is 11.6 Å². The topological polar surface area (TPSA) is 80.9 Å². The third kappa shape index (κ3) is 4.50. The van der Waals surface area contributed by atoms with Crippen molar-refractivity contribution in [2.75, 3.05) is 44.2 Å². The average molecular weight is 457 g/mol. The molecule has 0 saturated carbocycles.